The van der Waals surface area contributed by atoms with E-state index in [1.165, 1.54) is 12.1 Å². The zero-order valence-electron chi connectivity index (χ0n) is 12.6. The Kier molecular flexibility index (Phi) is 7.73. The van der Waals surface area contributed by atoms with E-state index in [0.29, 0.717) is 25.7 Å². The van der Waals surface area contributed by atoms with Gasteiger partial charge < -0.3 is 15.2 Å². The number of aliphatic hydroxyl groups is 1. The molecule has 1 aromatic rings. The molecule has 0 saturated carbocycles. The highest BCUT2D eigenvalue weighted by Crippen LogP contribution is 2.05. The fraction of sp³-hybridized carbons (Fsp3) is 0.625. The van der Waals surface area contributed by atoms with Crippen molar-refractivity contribution >= 4 is 0 Å². The van der Waals surface area contributed by atoms with Crippen molar-refractivity contribution in [3.05, 3.63) is 35.6 Å². The lowest BCUT2D eigenvalue weighted by atomic mass is 10.1. The second-order valence-corrected chi connectivity index (χ2v) is 5.73. The molecule has 3 nitrogen and oxygen atoms in total. The van der Waals surface area contributed by atoms with E-state index in [1.807, 2.05) is 6.92 Å². The van der Waals surface area contributed by atoms with Crippen LogP contribution in [0.3, 0.4) is 0 Å². The van der Waals surface area contributed by atoms with Crippen molar-refractivity contribution in [1.82, 2.24) is 5.32 Å². The van der Waals surface area contributed by atoms with Gasteiger partial charge in [0.05, 0.1) is 12.7 Å². The Morgan fingerprint density at radius 1 is 1.15 bits per heavy atom. The molecule has 0 bridgehead atoms. The minimum atomic E-state index is -0.496. The van der Waals surface area contributed by atoms with Gasteiger partial charge in [0, 0.05) is 19.2 Å². The van der Waals surface area contributed by atoms with Crippen LogP contribution < -0.4 is 5.32 Å². The molecular weight excluding hydrogens is 257 g/mol. The van der Waals surface area contributed by atoms with Gasteiger partial charge >= 0.3 is 0 Å². The Morgan fingerprint density at radius 3 is 2.40 bits per heavy atom. The van der Waals surface area contributed by atoms with Crippen molar-refractivity contribution in [1.29, 1.82) is 0 Å². The molecule has 1 rings (SSSR count). The molecule has 1 aromatic carbocycles. The Morgan fingerprint density at radius 2 is 1.80 bits per heavy atom. The summed E-state index contributed by atoms with van der Waals surface area (Å²) in [6, 6.07) is 6.74. The van der Waals surface area contributed by atoms with E-state index in [1.54, 1.807) is 12.1 Å². The fourth-order valence-electron chi connectivity index (χ4n) is 1.88. The molecule has 2 unspecified atom stereocenters. The zero-order valence-corrected chi connectivity index (χ0v) is 12.6. The highest BCUT2D eigenvalue weighted by molar-refractivity contribution is 5.16. The average Bonchev–Trinajstić information content (AvgIpc) is 2.39. The lowest BCUT2D eigenvalue weighted by Gasteiger charge is -2.18. The van der Waals surface area contributed by atoms with Gasteiger partial charge in [0.25, 0.3) is 0 Å². The summed E-state index contributed by atoms with van der Waals surface area (Å²) in [4.78, 5) is 0. The molecule has 2 N–H and O–H groups in total. The lowest BCUT2D eigenvalue weighted by Crippen LogP contribution is -2.37. The molecule has 0 aliphatic carbocycles. The van der Waals surface area contributed by atoms with Crippen LogP contribution in [0.4, 0.5) is 4.39 Å². The molecular formula is C16H26FNO2. The van der Waals surface area contributed by atoms with E-state index < -0.39 is 6.10 Å². The van der Waals surface area contributed by atoms with Gasteiger partial charge in [-0.15, -0.1) is 0 Å². The minimum absolute atomic E-state index is 0.216. The monoisotopic (exact) mass is 283 g/mol. The lowest BCUT2D eigenvalue weighted by molar-refractivity contribution is 0.0252. The van der Waals surface area contributed by atoms with Gasteiger partial charge in [-0.1, -0.05) is 26.0 Å². The fourth-order valence-corrected chi connectivity index (χ4v) is 1.88. The second kappa shape index (κ2) is 9.06. The summed E-state index contributed by atoms with van der Waals surface area (Å²) in [7, 11) is 0. The molecule has 2 atom stereocenters. The predicted octanol–water partition coefficient (Wildman–Crippen LogP) is 2.38. The van der Waals surface area contributed by atoms with E-state index in [2.05, 4.69) is 19.2 Å². The summed E-state index contributed by atoms with van der Waals surface area (Å²) in [6.07, 6.45) is 0.309. The van der Waals surface area contributed by atoms with Gasteiger partial charge in [-0.25, -0.2) is 4.39 Å². The van der Waals surface area contributed by atoms with Crippen LogP contribution in [0.25, 0.3) is 0 Å². The third kappa shape index (κ3) is 7.58. The first-order chi connectivity index (χ1) is 9.47. The van der Waals surface area contributed by atoms with E-state index >= 15 is 0 Å². The van der Waals surface area contributed by atoms with Crippen LogP contribution in [0.15, 0.2) is 24.3 Å². The third-order valence-corrected chi connectivity index (χ3v) is 2.92. The maximum atomic E-state index is 12.8. The molecule has 0 fully saturated rings. The van der Waals surface area contributed by atoms with Crippen molar-refractivity contribution in [2.24, 2.45) is 5.92 Å². The number of hydrogen-bond donors (Lipinski definition) is 2. The standard InChI is InChI=1S/C16H26FNO2/c1-12(2)10-20-11-16(19)9-18-13(3)8-14-4-6-15(17)7-5-14/h4-7,12-13,16,18-19H,8-11H2,1-3H3. The summed E-state index contributed by atoms with van der Waals surface area (Å²) in [5.41, 5.74) is 1.08. The van der Waals surface area contributed by atoms with Crippen LogP contribution >= 0.6 is 0 Å². The average molecular weight is 283 g/mol. The molecule has 4 heteroatoms. The van der Waals surface area contributed by atoms with Gasteiger partial charge in [0.15, 0.2) is 0 Å². The maximum absolute atomic E-state index is 12.8. The number of nitrogens with one attached hydrogen (secondary N) is 1. The molecule has 0 aliphatic rings. The molecule has 0 heterocycles. The molecule has 0 aliphatic heterocycles. The molecule has 0 radical (unpaired) electrons. The molecule has 0 spiro atoms. The second-order valence-electron chi connectivity index (χ2n) is 5.73. The van der Waals surface area contributed by atoms with Crippen molar-refractivity contribution < 1.29 is 14.2 Å². The van der Waals surface area contributed by atoms with Gasteiger partial charge in [0.2, 0.25) is 0 Å². The molecule has 20 heavy (non-hydrogen) atoms. The van der Waals surface area contributed by atoms with Gasteiger partial charge in [0.1, 0.15) is 5.82 Å². The zero-order chi connectivity index (χ0) is 15.0. The van der Waals surface area contributed by atoms with Crippen LogP contribution in [0.1, 0.15) is 26.3 Å². The number of hydrogen-bond acceptors (Lipinski definition) is 3. The topological polar surface area (TPSA) is 41.5 Å². The normalized spacial score (nSPS) is 14.5. The van der Waals surface area contributed by atoms with Crippen LogP contribution in [0.2, 0.25) is 0 Å². The predicted molar refractivity (Wildman–Crippen MR) is 79.2 cm³/mol. The number of rotatable bonds is 9. The van der Waals surface area contributed by atoms with Crippen LogP contribution in [-0.4, -0.2) is 37.0 Å². The van der Waals surface area contributed by atoms with Gasteiger partial charge in [-0.3, -0.25) is 0 Å². The van der Waals surface area contributed by atoms with E-state index in [9.17, 15) is 9.50 Å². The van der Waals surface area contributed by atoms with Gasteiger partial charge in [-0.2, -0.15) is 0 Å². The summed E-state index contributed by atoms with van der Waals surface area (Å²) in [6.45, 7) is 7.73. The highest BCUT2D eigenvalue weighted by atomic mass is 19.1. The number of benzene rings is 1. The smallest absolute Gasteiger partial charge is 0.123 e. The van der Waals surface area contributed by atoms with Crippen molar-refractivity contribution in [3.8, 4) is 0 Å². The first-order valence-electron chi connectivity index (χ1n) is 7.21. The number of ether oxygens (including phenoxy) is 1. The Balaban J connectivity index is 2.18. The van der Waals surface area contributed by atoms with E-state index in [4.69, 9.17) is 4.74 Å². The number of aliphatic hydroxyl groups excluding tert-OH is 1. The summed E-state index contributed by atoms with van der Waals surface area (Å²) >= 11 is 0. The van der Waals surface area contributed by atoms with Crippen molar-refractivity contribution in [2.45, 2.75) is 39.3 Å². The summed E-state index contributed by atoms with van der Waals surface area (Å²) < 4.78 is 18.2. The van der Waals surface area contributed by atoms with Crippen LogP contribution in [-0.2, 0) is 11.2 Å². The Hall–Kier alpha value is -0.970. The Labute approximate surface area is 121 Å². The van der Waals surface area contributed by atoms with E-state index in [-0.39, 0.29) is 11.9 Å². The van der Waals surface area contributed by atoms with Gasteiger partial charge in [-0.05, 0) is 37.0 Å². The summed E-state index contributed by atoms with van der Waals surface area (Å²) in [5.74, 6) is 0.264. The summed E-state index contributed by atoms with van der Waals surface area (Å²) in [5, 5.41) is 13.0. The van der Waals surface area contributed by atoms with Crippen LogP contribution in [0, 0.1) is 11.7 Å². The Bertz CT molecular complexity index is 367. The molecule has 0 saturated heterocycles. The SMILES string of the molecule is CC(C)COCC(O)CNC(C)Cc1ccc(F)cc1. The van der Waals surface area contributed by atoms with E-state index in [0.717, 1.165) is 12.0 Å². The van der Waals surface area contributed by atoms with Crippen molar-refractivity contribution in [3.63, 3.8) is 0 Å². The quantitative estimate of drug-likeness (QED) is 0.731. The minimum Gasteiger partial charge on any atom is -0.389 e. The van der Waals surface area contributed by atoms with Crippen molar-refractivity contribution in [2.75, 3.05) is 19.8 Å². The molecule has 0 amide bonds. The van der Waals surface area contributed by atoms with Crippen LogP contribution in [0.5, 0.6) is 0 Å². The first-order valence-corrected chi connectivity index (χ1v) is 7.21. The third-order valence-electron chi connectivity index (χ3n) is 2.92. The highest BCUT2D eigenvalue weighted by Gasteiger charge is 2.08. The number of halogens is 1. The largest absolute Gasteiger partial charge is 0.389 e. The maximum Gasteiger partial charge on any atom is 0.123 e. The molecule has 0 aromatic heterocycles. The first kappa shape index (κ1) is 17.1. The molecule has 114 valence electrons.